The van der Waals surface area contributed by atoms with Crippen LogP contribution in [0.2, 0.25) is 0 Å². The van der Waals surface area contributed by atoms with Gasteiger partial charge in [0.2, 0.25) is 0 Å². The smallest absolute Gasteiger partial charge is 0.160 e. The van der Waals surface area contributed by atoms with E-state index in [-0.39, 0.29) is 0 Å². The van der Waals surface area contributed by atoms with E-state index in [2.05, 4.69) is 69.1 Å². The number of rotatable bonds is 4. The van der Waals surface area contributed by atoms with E-state index in [1.165, 1.54) is 22.2 Å². The first-order valence-electron chi connectivity index (χ1n) is 13.3. The normalized spacial score (nSPS) is 12.3. The Kier molecular flexibility index (Phi) is 5.16. The van der Waals surface area contributed by atoms with Gasteiger partial charge in [-0.3, -0.25) is 9.97 Å². The molecule has 0 bridgehead atoms. The fourth-order valence-corrected chi connectivity index (χ4v) is 5.78. The minimum absolute atomic E-state index is 0.668. The number of nitrogens with zero attached hydrogens (tertiary/aromatic N) is 5. The minimum Gasteiger partial charge on any atom is -0.464 e. The van der Waals surface area contributed by atoms with Crippen molar-refractivity contribution in [3.63, 3.8) is 0 Å². The number of hydrogen-bond acceptors (Lipinski definition) is 5. The molecule has 2 aromatic carbocycles. The summed E-state index contributed by atoms with van der Waals surface area (Å²) < 4.78 is 8.37. The molecule has 0 saturated heterocycles. The molecular weight excluding hydrogens is 494 g/mol. The molecule has 1 aliphatic carbocycles. The van der Waals surface area contributed by atoms with E-state index in [0.717, 1.165) is 57.9 Å². The van der Waals surface area contributed by atoms with Crippen molar-refractivity contribution in [3.8, 4) is 50.9 Å². The minimum atomic E-state index is 0.668. The molecule has 5 heterocycles. The Morgan fingerprint density at radius 2 is 1.38 bits per heavy atom. The van der Waals surface area contributed by atoms with Crippen molar-refractivity contribution in [2.75, 3.05) is 0 Å². The average molecular weight is 518 g/mol. The molecule has 190 valence electrons. The summed E-state index contributed by atoms with van der Waals surface area (Å²) in [5.74, 6) is 1.66. The number of furan rings is 1. The molecule has 0 amide bonds. The molecule has 6 nitrogen and oxygen atoms in total. The van der Waals surface area contributed by atoms with E-state index >= 15 is 0 Å². The third-order valence-electron chi connectivity index (χ3n) is 7.62. The van der Waals surface area contributed by atoms with Gasteiger partial charge in [-0.1, -0.05) is 30.3 Å². The Hall–Kier alpha value is -5.36. The maximum absolute atomic E-state index is 6.00. The quantitative estimate of drug-likeness (QED) is 0.241. The summed E-state index contributed by atoms with van der Waals surface area (Å²) in [7, 11) is 0. The fourth-order valence-electron chi connectivity index (χ4n) is 5.78. The lowest BCUT2D eigenvalue weighted by molar-refractivity contribution is 0.575. The first kappa shape index (κ1) is 22.6. The molecule has 0 saturated carbocycles. The molecule has 0 radical (unpaired) electrons. The highest BCUT2D eigenvalue weighted by Crippen LogP contribution is 2.43. The van der Waals surface area contributed by atoms with Gasteiger partial charge in [-0.15, -0.1) is 0 Å². The lowest BCUT2D eigenvalue weighted by Gasteiger charge is -2.17. The van der Waals surface area contributed by atoms with Gasteiger partial charge < -0.3 is 8.98 Å². The first-order valence-corrected chi connectivity index (χ1v) is 13.3. The number of hydrogen-bond donors (Lipinski definition) is 0. The Morgan fingerprint density at radius 1 is 0.650 bits per heavy atom. The number of aryl methyl sites for hydroxylation is 1. The molecule has 0 atom stereocenters. The van der Waals surface area contributed by atoms with E-state index in [1.807, 2.05) is 30.3 Å². The molecule has 1 aliphatic rings. The number of benzene rings is 2. The summed E-state index contributed by atoms with van der Waals surface area (Å²) in [5.41, 5.74) is 10.6. The second kappa shape index (κ2) is 9.13. The van der Waals surface area contributed by atoms with Crippen LogP contribution in [-0.4, -0.2) is 24.5 Å². The van der Waals surface area contributed by atoms with E-state index < -0.39 is 0 Å². The van der Waals surface area contributed by atoms with Crippen LogP contribution in [0.25, 0.3) is 61.8 Å². The standard InChI is InChI=1S/C34H23N5O/c1-2-7-30-27(6-1)32-31(9-8-24-14-19-40-33(24)32)39(30)26-5-3-4-25(20-26)34-37-28(22-10-15-35-16-11-22)21-29(38-34)23-12-17-36-18-13-23/h1-7,10-21H,8-9H2. The van der Waals surface area contributed by atoms with E-state index in [9.17, 15) is 0 Å². The van der Waals surface area contributed by atoms with E-state index in [1.54, 1.807) is 31.1 Å². The van der Waals surface area contributed by atoms with Gasteiger partial charge in [-0.2, -0.15) is 0 Å². The number of aromatic nitrogens is 5. The van der Waals surface area contributed by atoms with Crippen molar-refractivity contribution in [2.24, 2.45) is 0 Å². The summed E-state index contributed by atoms with van der Waals surface area (Å²) >= 11 is 0. The third-order valence-corrected chi connectivity index (χ3v) is 7.62. The summed E-state index contributed by atoms with van der Waals surface area (Å²) in [6, 6.07) is 29.1. The van der Waals surface area contributed by atoms with Gasteiger partial charge in [0.25, 0.3) is 0 Å². The zero-order valence-electron chi connectivity index (χ0n) is 21.5. The lowest BCUT2D eigenvalue weighted by atomic mass is 9.94. The molecule has 0 fully saturated rings. The molecule has 8 rings (SSSR count). The van der Waals surface area contributed by atoms with Gasteiger partial charge in [0.05, 0.1) is 23.2 Å². The third kappa shape index (κ3) is 3.65. The van der Waals surface area contributed by atoms with E-state index in [0.29, 0.717) is 5.82 Å². The fraction of sp³-hybridized carbons (Fsp3) is 0.0588. The molecule has 40 heavy (non-hydrogen) atoms. The molecule has 0 N–H and O–H groups in total. The highest BCUT2D eigenvalue weighted by molar-refractivity contribution is 5.99. The van der Waals surface area contributed by atoms with Crippen LogP contribution < -0.4 is 0 Å². The molecule has 0 unspecified atom stereocenters. The predicted octanol–water partition coefficient (Wildman–Crippen LogP) is 7.57. The van der Waals surface area contributed by atoms with Gasteiger partial charge in [0, 0.05) is 63.8 Å². The van der Waals surface area contributed by atoms with Crippen molar-refractivity contribution < 1.29 is 4.42 Å². The van der Waals surface area contributed by atoms with Gasteiger partial charge >= 0.3 is 0 Å². The summed E-state index contributed by atoms with van der Waals surface area (Å²) in [5, 5.41) is 1.20. The van der Waals surface area contributed by atoms with Crippen LogP contribution in [0.15, 0.2) is 120 Å². The molecule has 0 aliphatic heterocycles. The highest BCUT2D eigenvalue weighted by atomic mass is 16.3. The summed E-state index contributed by atoms with van der Waals surface area (Å²) in [6.07, 6.45) is 10.9. The Morgan fingerprint density at radius 3 is 2.12 bits per heavy atom. The van der Waals surface area contributed by atoms with Gasteiger partial charge in [-0.05, 0) is 73.0 Å². The van der Waals surface area contributed by atoms with Gasteiger partial charge in [0.1, 0.15) is 5.76 Å². The molecule has 0 spiro atoms. The van der Waals surface area contributed by atoms with E-state index in [4.69, 9.17) is 14.4 Å². The summed E-state index contributed by atoms with van der Waals surface area (Å²) in [6.45, 7) is 0. The summed E-state index contributed by atoms with van der Waals surface area (Å²) in [4.78, 5) is 18.4. The first-order chi connectivity index (χ1) is 19.8. The van der Waals surface area contributed by atoms with Crippen LogP contribution in [0.4, 0.5) is 0 Å². The molecule has 6 heteroatoms. The van der Waals surface area contributed by atoms with Crippen LogP contribution in [0, 0.1) is 0 Å². The van der Waals surface area contributed by atoms with Crippen molar-refractivity contribution in [2.45, 2.75) is 12.8 Å². The van der Waals surface area contributed by atoms with Crippen LogP contribution in [0.3, 0.4) is 0 Å². The van der Waals surface area contributed by atoms with Crippen molar-refractivity contribution in [1.82, 2.24) is 24.5 Å². The lowest BCUT2D eigenvalue weighted by Crippen LogP contribution is -2.07. The predicted molar refractivity (Wildman–Crippen MR) is 156 cm³/mol. The van der Waals surface area contributed by atoms with Crippen molar-refractivity contribution in [1.29, 1.82) is 0 Å². The highest BCUT2D eigenvalue weighted by Gasteiger charge is 2.27. The molecule has 7 aromatic rings. The average Bonchev–Trinajstić information content (AvgIpc) is 3.64. The van der Waals surface area contributed by atoms with Crippen LogP contribution in [0.5, 0.6) is 0 Å². The largest absolute Gasteiger partial charge is 0.464 e. The van der Waals surface area contributed by atoms with Crippen LogP contribution in [-0.2, 0) is 12.8 Å². The zero-order valence-corrected chi connectivity index (χ0v) is 21.5. The second-order valence-electron chi connectivity index (χ2n) is 9.93. The molecular formula is C34H23N5O. The maximum atomic E-state index is 6.00. The second-order valence-corrected chi connectivity index (χ2v) is 9.93. The van der Waals surface area contributed by atoms with Crippen LogP contribution in [0.1, 0.15) is 11.3 Å². The van der Waals surface area contributed by atoms with Gasteiger partial charge in [0.15, 0.2) is 5.82 Å². The Bertz CT molecular complexity index is 1950. The van der Waals surface area contributed by atoms with Crippen molar-refractivity contribution in [3.05, 3.63) is 127 Å². The number of fused-ring (bicyclic) bond motifs is 5. The monoisotopic (exact) mass is 517 g/mol. The van der Waals surface area contributed by atoms with Crippen LogP contribution >= 0.6 is 0 Å². The number of pyridine rings is 2. The topological polar surface area (TPSA) is 69.6 Å². The SMILES string of the molecule is c1cc(-c2nc(-c3ccncc3)cc(-c3ccncc3)n2)cc(-n2c3c(c4ccccc42)-c2occc2CC3)c1. The molecule has 5 aromatic heterocycles. The maximum Gasteiger partial charge on any atom is 0.160 e. The number of para-hydroxylation sites is 1. The zero-order chi connectivity index (χ0) is 26.5. The van der Waals surface area contributed by atoms with Crippen molar-refractivity contribution >= 4 is 10.9 Å². The Balaban J connectivity index is 1.32. The Labute approximate surface area is 230 Å². The van der Waals surface area contributed by atoms with Gasteiger partial charge in [-0.25, -0.2) is 9.97 Å².